The number of nitrogens with two attached hydrogens (primary N) is 1. The lowest BCUT2D eigenvalue weighted by molar-refractivity contribution is 0.102. The molecule has 26 heavy (non-hydrogen) atoms. The van der Waals surface area contributed by atoms with E-state index in [1.807, 2.05) is 0 Å². The van der Waals surface area contributed by atoms with Crippen LogP contribution in [0, 0.1) is 0 Å². The Balaban J connectivity index is 2.02. The Morgan fingerprint density at radius 1 is 1.19 bits per heavy atom. The second kappa shape index (κ2) is 6.91. The topological polar surface area (TPSA) is 111 Å². The summed E-state index contributed by atoms with van der Waals surface area (Å²) in [6, 6.07) is 12.7. The molecule has 7 nitrogen and oxygen atoms in total. The zero-order valence-corrected chi connectivity index (χ0v) is 15.1. The molecule has 9 heteroatoms. The quantitative estimate of drug-likeness (QED) is 0.664. The molecule has 3 rings (SSSR count). The van der Waals surface area contributed by atoms with Crippen LogP contribution in [0.1, 0.15) is 10.4 Å². The molecule has 0 fully saturated rings. The van der Waals surface area contributed by atoms with Crippen LogP contribution in [0.25, 0.3) is 10.9 Å². The van der Waals surface area contributed by atoms with E-state index in [4.69, 9.17) is 21.5 Å². The highest BCUT2D eigenvalue weighted by atomic mass is 35.5. The maximum Gasteiger partial charge on any atom is 0.256 e. The van der Waals surface area contributed by atoms with Crippen LogP contribution in [0.4, 0.5) is 5.69 Å². The Labute approximate surface area is 154 Å². The van der Waals surface area contributed by atoms with Crippen molar-refractivity contribution in [3.8, 4) is 5.75 Å². The highest BCUT2D eigenvalue weighted by molar-refractivity contribution is 7.89. The SMILES string of the molecule is COc1ccc(NC(=O)c2cc(Cl)nc3ccccc23)cc1S(N)(=O)=O. The highest BCUT2D eigenvalue weighted by Gasteiger charge is 2.18. The normalized spacial score (nSPS) is 11.3. The average Bonchev–Trinajstić information content (AvgIpc) is 2.60. The first-order chi connectivity index (χ1) is 12.3. The smallest absolute Gasteiger partial charge is 0.256 e. The molecular weight excluding hydrogens is 378 g/mol. The van der Waals surface area contributed by atoms with Gasteiger partial charge in [0, 0.05) is 11.1 Å². The van der Waals surface area contributed by atoms with Crippen molar-refractivity contribution in [2.75, 3.05) is 12.4 Å². The monoisotopic (exact) mass is 391 g/mol. The van der Waals surface area contributed by atoms with E-state index in [-0.39, 0.29) is 21.5 Å². The van der Waals surface area contributed by atoms with E-state index < -0.39 is 15.9 Å². The fraction of sp³-hybridized carbons (Fsp3) is 0.0588. The number of primary sulfonamides is 1. The van der Waals surface area contributed by atoms with Gasteiger partial charge in [0.15, 0.2) is 0 Å². The van der Waals surface area contributed by atoms with E-state index in [2.05, 4.69) is 10.3 Å². The Bertz CT molecular complexity index is 1120. The van der Waals surface area contributed by atoms with Gasteiger partial charge in [0.25, 0.3) is 5.91 Å². The summed E-state index contributed by atoms with van der Waals surface area (Å²) < 4.78 is 28.4. The first-order valence-corrected chi connectivity index (χ1v) is 9.29. The van der Waals surface area contributed by atoms with Crippen molar-refractivity contribution in [2.45, 2.75) is 4.90 Å². The molecule has 0 radical (unpaired) electrons. The number of para-hydroxylation sites is 1. The number of nitrogens with zero attached hydrogens (tertiary/aromatic N) is 1. The van der Waals surface area contributed by atoms with Gasteiger partial charge in [-0.25, -0.2) is 18.5 Å². The van der Waals surface area contributed by atoms with Crippen molar-refractivity contribution in [1.82, 2.24) is 4.98 Å². The standard InChI is InChI=1S/C17H14ClN3O4S/c1-25-14-7-6-10(8-15(14)26(19,23)24)20-17(22)12-9-16(18)21-13-5-3-2-4-11(12)13/h2-9H,1H3,(H,20,22)(H2,19,23,24). The van der Waals surface area contributed by atoms with Gasteiger partial charge >= 0.3 is 0 Å². The van der Waals surface area contributed by atoms with Crippen LogP contribution in [-0.4, -0.2) is 26.4 Å². The third-order valence-corrected chi connectivity index (χ3v) is 4.78. The minimum Gasteiger partial charge on any atom is -0.495 e. The number of ether oxygens (including phenoxy) is 1. The van der Waals surface area contributed by atoms with Gasteiger partial charge in [-0.15, -0.1) is 0 Å². The number of amides is 1. The molecule has 2 aromatic carbocycles. The molecular formula is C17H14ClN3O4S. The van der Waals surface area contributed by atoms with E-state index in [9.17, 15) is 13.2 Å². The lowest BCUT2D eigenvalue weighted by Crippen LogP contribution is -2.16. The van der Waals surface area contributed by atoms with Crippen molar-refractivity contribution in [3.05, 3.63) is 59.2 Å². The number of methoxy groups -OCH3 is 1. The van der Waals surface area contributed by atoms with Crippen LogP contribution < -0.4 is 15.2 Å². The minimum atomic E-state index is -4.02. The third-order valence-electron chi connectivity index (χ3n) is 3.66. The van der Waals surface area contributed by atoms with E-state index in [0.29, 0.717) is 16.5 Å². The van der Waals surface area contributed by atoms with Crippen molar-refractivity contribution in [1.29, 1.82) is 0 Å². The van der Waals surface area contributed by atoms with Gasteiger partial charge in [-0.1, -0.05) is 29.8 Å². The van der Waals surface area contributed by atoms with Gasteiger partial charge in [0.05, 0.1) is 18.2 Å². The molecule has 0 spiro atoms. The average molecular weight is 392 g/mol. The van der Waals surface area contributed by atoms with E-state index in [0.717, 1.165) is 0 Å². The van der Waals surface area contributed by atoms with E-state index in [1.165, 1.54) is 31.4 Å². The van der Waals surface area contributed by atoms with Crippen molar-refractivity contribution >= 4 is 44.1 Å². The van der Waals surface area contributed by atoms with Crippen LogP contribution in [0.15, 0.2) is 53.4 Å². The zero-order chi connectivity index (χ0) is 18.9. The number of hydrogen-bond donors (Lipinski definition) is 2. The number of fused-ring (bicyclic) bond motifs is 1. The number of anilines is 1. The maximum atomic E-state index is 12.7. The lowest BCUT2D eigenvalue weighted by Gasteiger charge is -2.11. The molecule has 134 valence electrons. The third kappa shape index (κ3) is 3.62. The maximum absolute atomic E-state index is 12.7. The Kier molecular flexibility index (Phi) is 4.82. The number of sulfonamides is 1. The number of pyridine rings is 1. The van der Waals surface area contributed by atoms with Gasteiger partial charge < -0.3 is 10.1 Å². The first-order valence-electron chi connectivity index (χ1n) is 7.37. The number of nitrogens with one attached hydrogen (secondary N) is 1. The molecule has 3 N–H and O–H groups in total. The number of carbonyl (C=O) groups is 1. The van der Waals surface area contributed by atoms with Crippen LogP contribution in [0.3, 0.4) is 0 Å². The first kappa shape index (κ1) is 18.1. The molecule has 1 amide bonds. The number of rotatable bonds is 4. The van der Waals surface area contributed by atoms with Crippen LogP contribution in [0.2, 0.25) is 5.15 Å². The summed E-state index contributed by atoms with van der Waals surface area (Å²) in [7, 11) is -2.69. The molecule has 0 atom stereocenters. The number of carbonyl (C=O) groups excluding carboxylic acids is 1. The van der Waals surface area contributed by atoms with E-state index in [1.54, 1.807) is 24.3 Å². The number of benzene rings is 2. The molecule has 0 bridgehead atoms. The minimum absolute atomic E-state index is 0.0860. The molecule has 1 aromatic heterocycles. The van der Waals surface area contributed by atoms with Gasteiger partial charge in [0.1, 0.15) is 15.8 Å². The summed E-state index contributed by atoms with van der Waals surface area (Å²) in [6.45, 7) is 0. The molecule has 0 aliphatic heterocycles. The van der Waals surface area contributed by atoms with Crippen molar-refractivity contribution in [3.63, 3.8) is 0 Å². The van der Waals surface area contributed by atoms with Crippen LogP contribution in [0.5, 0.6) is 5.75 Å². The van der Waals surface area contributed by atoms with Gasteiger partial charge in [-0.3, -0.25) is 4.79 Å². The number of aromatic nitrogens is 1. The number of halogens is 1. The van der Waals surface area contributed by atoms with Gasteiger partial charge in [-0.05, 0) is 30.3 Å². The molecule has 0 aliphatic carbocycles. The molecule has 0 saturated heterocycles. The predicted octanol–water partition coefficient (Wildman–Crippen LogP) is 2.80. The second-order valence-electron chi connectivity index (χ2n) is 5.37. The van der Waals surface area contributed by atoms with Gasteiger partial charge in [-0.2, -0.15) is 0 Å². The summed E-state index contributed by atoms with van der Waals surface area (Å²) in [5.74, 6) is -0.376. The molecule has 0 aliphatic rings. The van der Waals surface area contributed by atoms with Crippen LogP contribution in [-0.2, 0) is 10.0 Å². The molecule has 0 saturated carbocycles. The van der Waals surface area contributed by atoms with Crippen LogP contribution >= 0.6 is 11.6 Å². The summed E-state index contributed by atoms with van der Waals surface area (Å²) in [6.07, 6.45) is 0. The van der Waals surface area contributed by atoms with Crippen molar-refractivity contribution in [2.24, 2.45) is 5.14 Å². The molecule has 3 aromatic rings. The lowest BCUT2D eigenvalue weighted by atomic mass is 10.1. The Morgan fingerprint density at radius 3 is 2.62 bits per heavy atom. The van der Waals surface area contributed by atoms with Gasteiger partial charge in [0.2, 0.25) is 10.0 Å². The van der Waals surface area contributed by atoms with Crippen molar-refractivity contribution < 1.29 is 17.9 Å². The molecule has 1 heterocycles. The Hall–Kier alpha value is -2.68. The highest BCUT2D eigenvalue weighted by Crippen LogP contribution is 2.27. The summed E-state index contributed by atoms with van der Waals surface area (Å²) >= 11 is 5.99. The van der Waals surface area contributed by atoms with E-state index >= 15 is 0 Å². The molecule has 0 unspecified atom stereocenters. The fourth-order valence-corrected chi connectivity index (χ4v) is 3.43. The summed E-state index contributed by atoms with van der Waals surface area (Å²) in [4.78, 5) is 16.6. The largest absolute Gasteiger partial charge is 0.495 e. The fourth-order valence-electron chi connectivity index (χ4n) is 2.51. The summed E-state index contributed by atoms with van der Waals surface area (Å²) in [5, 5.41) is 8.63. The second-order valence-corrected chi connectivity index (χ2v) is 7.29. The number of hydrogen-bond acceptors (Lipinski definition) is 5. The predicted molar refractivity (Wildman–Crippen MR) is 99.1 cm³/mol. The Morgan fingerprint density at radius 2 is 1.92 bits per heavy atom. The zero-order valence-electron chi connectivity index (χ0n) is 13.6. The summed E-state index contributed by atoms with van der Waals surface area (Å²) in [5.41, 5.74) is 1.13.